The molecule has 4 aromatic rings. The number of anilines is 1. The lowest BCUT2D eigenvalue weighted by atomic mass is 10.2. The van der Waals surface area contributed by atoms with Crippen molar-refractivity contribution in [2.45, 2.75) is 11.7 Å². The summed E-state index contributed by atoms with van der Waals surface area (Å²) in [6.45, 7) is -0.0112. The Hall–Kier alpha value is -4.25. The molecular weight excluding hydrogens is 488 g/mol. The van der Waals surface area contributed by atoms with E-state index in [-0.39, 0.29) is 23.8 Å². The zero-order chi connectivity index (χ0) is 25.5. The van der Waals surface area contributed by atoms with Crippen molar-refractivity contribution in [1.82, 2.24) is 20.1 Å². The third-order valence-electron chi connectivity index (χ3n) is 4.98. The fourth-order valence-electron chi connectivity index (χ4n) is 3.32. The topological polar surface area (TPSA) is 98.1 Å². The molecule has 0 aliphatic rings. The maximum Gasteiger partial charge on any atom is 0.251 e. The molecule has 0 saturated heterocycles. The Morgan fingerprint density at radius 2 is 1.75 bits per heavy atom. The second kappa shape index (κ2) is 11.5. The van der Waals surface area contributed by atoms with Crippen molar-refractivity contribution >= 4 is 29.3 Å². The Morgan fingerprint density at radius 1 is 0.972 bits per heavy atom. The van der Waals surface area contributed by atoms with Gasteiger partial charge in [-0.25, -0.2) is 8.78 Å². The van der Waals surface area contributed by atoms with E-state index in [4.69, 9.17) is 4.74 Å². The lowest BCUT2D eigenvalue weighted by molar-refractivity contribution is -0.113. The maximum absolute atomic E-state index is 13.5. The average molecular weight is 510 g/mol. The van der Waals surface area contributed by atoms with Crippen LogP contribution in [-0.2, 0) is 11.3 Å². The Bertz CT molecular complexity index is 1380. The van der Waals surface area contributed by atoms with Crippen molar-refractivity contribution in [2.24, 2.45) is 0 Å². The van der Waals surface area contributed by atoms with E-state index in [1.54, 1.807) is 22.8 Å². The number of nitrogens with one attached hydrogen (secondary N) is 2. The SMILES string of the molecule is COc1ccccc1-n1c(CNC(=O)c2cccc(F)c2)nnc1SCC(=O)Nc1ccc(F)cc1. The van der Waals surface area contributed by atoms with Crippen LogP contribution in [0.4, 0.5) is 14.5 Å². The monoisotopic (exact) mass is 509 g/mol. The first kappa shape index (κ1) is 24.9. The number of benzene rings is 3. The smallest absolute Gasteiger partial charge is 0.251 e. The van der Waals surface area contributed by atoms with Crippen molar-refractivity contribution < 1.29 is 23.1 Å². The van der Waals surface area contributed by atoms with Gasteiger partial charge in [-0.3, -0.25) is 14.2 Å². The lowest BCUT2D eigenvalue weighted by Gasteiger charge is -2.14. The van der Waals surface area contributed by atoms with Crippen LogP contribution >= 0.6 is 11.8 Å². The van der Waals surface area contributed by atoms with Crippen molar-refractivity contribution in [1.29, 1.82) is 0 Å². The summed E-state index contributed by atoms with van der Waals surface area (Å²) in [4.78, 5) is 25.0. The number of nitrogens with zero attached hydrogens (tertiary/aromatic N) is 3. The Labute approximate surface area is 209 Å². The minimum Gasteiger partial charge on any atom is -0.495 e. The summed E-state index contributed by atoms with van der Waals surface area (Å²) in [6.07, 6.45) is 0. The molecule has 0 saturated carbocycles. The molecule has 0 radical (unpaired) electrons. The van der Waals surface area contributed by atoms with Crippen LogP contribution in [0.1, 0.15) is 16.2 Å². The molecule has 1 aromatic heterocycles. The highest BCUT2D eigenvalue weighted by atomic mass is 32.2. The van der Waals surface area contributed by atoms with Gasteiger partial charge in [-0.15, -0.1) is 10.2 Å². The van der Waals surface area contributed by atoms with E-state index in [1.807, 2.05) is 6.07 Å². The quantitative estimate of drug-likeness (QED) is 0.328. The number of aromatic nitrogens is 3. The molecule has 0 unspecified atom stereocenters. The highest BCUT2D eigenvalue weighted by Crippen LogP contribution is 2.28. The van der Waals surface area contributed by atoms with E-state index >= 15 is 0 Å². The third kappa shape index (κ3) is 6.05. The van der Waals surface area contributed by atoms with Gasteiger partial charge in [0.1, 0.15) is 17.4 Å². The number of para-hydroxylation sites is 2. The van der Waals surface area contributed by atoms with E-state index in [2.05, 4.69) is 20.8 Å². The molecule has 1 heterocycles. The highest BCUT2D eigenvalue weighted by Gasteiger charge is 2.19. The van der Waals surface area contributed by atoms with Crippen LogP contribution in [0.15, 0.2) is 78.0 Å². The van der Waals surface area contributed by atoms with Gasteiger partial charge in [0.2, 0.25) is 5.91 Å². The third-order valence-corrected chi connectivity index (χ3v) is 5.91. The normalized spacial score (nSPS) is 10.6. The van der Waals surface area contributed by atoms with Gasteiger partial charge >= 0.3 is 0 Å². The van der Waals surface area contributed by atoms with E-state index in [0.717, 1.165) is 17.8 Å². The summed E-state index contributed by atoms with van der Waals surface area (Å²) in [5.74, 6) is -0.792. The zero-order valence-electron chi connectivity index (χ0n) is 19.1. The fraction of sp³-hybridized carbons (Fsp3) is 0.120. The van der Waals surface area contributed by atoms with Crippen LogP contribution in [-0.4, -0.2) is 39.4 Å². The number of ether oxygens (including phenoxy) is 1. The largest absolute Gasteiger partial charge is 0.495 e. The van der Waals surface area contributed by atoms with Crippen LogP contribution in [0, 0.1) is 11.6 Å². The van der Waals surface area contributed by atoms with Crippen LogP contribution in [0.3, 0.4) is 0 Å². The van der Waals surface area contributed by atoms with E-state index in [9.17, 15) is 18.4 Å². The summed E-state index contributed by atoms with van der Waals surface area (Å²) in [5.41, 5.74) is 1.25. The van der Waals surface area contributed by atoms with E-state index in [0.29, 0.717) is 28.1 Å². The molecule has 36 heavy (non-hydrogen) atoms. The minimum atomic E-state index is -0.516. The number of amides is 2. The van der Waals surface area contributed by atoms with Crippen molar-refractivity contribution in [3.63, 3.8) is 0 Å². The molecule has 0 bridgehead atoms. The number of carbonyl (C=O) groups excluding carboxylic acids is 2. The summed E-state index contributed by atoms with van der Waals surface area (Å²) in [7, 11) is 1.53. The molecule has 0 aliphatic heterocycles. The molecule has 0 spiro atoms. The summed E-state index contributed by atoms with van der Waals surface area (Å²) >= 11 is 1.13. The number of rotatable bonds is 9. The number of thioether (sulfide) groups is 1. The van der Waals surface area contributed by atoms with Gasteiger partial charge in [0.05, 0.1) is 25.1 Å². The van der Waals surface area contributed by atoms with E-state index < -0.39 is 17.5 Å². The molecule has 2 amide bonds. The van der Waals surface area contributed by atoms with Crippen LogP contribution < -0.4 is 15.4 Å². The molecule has 2 N–H and O–H groups in total. The van der Waals surface area contributed by atoms with E-state index in [1.165, 1.54) is 49.6 Å². The maximum atomic E-state index is 13.5. The number of hydrogen-bond donors (Lipinski definition) is 2. The average Bonchev–Trinajstić information content (AvgIpc) is 3.29. The molecule has 3 aromatic carbocycles. The van der Waals surface area contributed by atoms with Gasteiger partial charge in [-0.2, -0.15) is 0 Å². The number of methoxy groups -OCH3 is 1. The molecule has 4 rings (SSSR count). The summed E-state index contributed by atoms with van der Waals surface area (Å²) in [5, 5.41) is 14.2. The van der Waals surface area contributed by atoms with Gasteiger partial charge < -0.3 is 15.4 Å². The van der Waals surface area contributed by atoms with Crippen molar-refractivity contribution in [2.75, 3.05) is 18.2 Å². The van der Waals surface area contributed by atoms with Crippen molar-refractivity contribution in [3.8, 4) is 11.4 Å². The van der Waals surface area contributed by atoms with Gasteiger partial charge in [0.25, 0.3) is 5.91 Å². The van der Waals surface area contributed by atoms with Crippen LogP contribution in [0.5, 0.6) is 5.75 Å². The standard InChI is InChI=1S/C25H21F2N5O3S/c1-35-21-8-3-2-7-20(21)32-22(14-28-24(34)16-5-4-6-18(27)13-16)30-31-25(32)36-15-23(33)29-19-11-9-17(26)10-12-19/h2-13H,14-15H2,1H3,(H,28,34)(H,29,33). The summed E-state index contributed by atoms with van der Waals surface area (Å²) in [6, 6.07) is 18.0. The molecular formula is C25H21F2N5O3S. The molecule has 8 nitrogen and oxygen atoms in total. The highest BCUT2D eigenvalue weighted by molar-refractivity contribution is 7.99. The van der Waals surface area contributed by atoms with Gasteiger partial charge in [0, 0.05) is 11.3 Å². The van der Waals surface area contributed by atoms with Gasteiger partial charge in [-0.05, 0) is 54.6 Å². The van der Waals surface area contributed by atoms with Crippen LogP contribution in [0.2, 0.25) is 0 Å². The Kier molecular flexibility index (Phi) is 7.91. The predicted molar refractivity (Wildman–Crippen MR) is 131 cm³/mol. The molecule has 11 heteroatoms. The zero-order valence-corrected chi connectivity index (χ0v) is 19.9. The Balaban J connectivity index is 1.54. The predicted octanol–water partition coefficient (Wildman–Crippen LogP) is 4.21. The number of hydrogen-bond acceptors (Lipinski definition) is 6. The molecule has 0 aliphatic carbocycles. The molecule has 0 atom stereocenters. The fourth-order valence-corrected chi connectivity index (χ4v) is 4.08. The number of carbonyl (C=O) groups is 2. The number of halogens is 2. The van der Waals surface area contributed by atoms with Gasteiger partial charge in [0.15, 0.2) is 11.0 Å². The summed E-state index contributed by atoms with van der Waals surface area (Å²) < 4.78 is 33.8. The van der Waals surface area contributed by atoms with Crippen molar-refractivity contribution in [3.05, 3.63) is 95.8 Å². The first-order valence-corrected chi connectivity index (χ1v) is 11.7. The lowest BCUT2D eigenvalue weighted by Crippen LogP contribution is -2.25. The first-order chi connectivity index (χ1) is 17.4. The first-order valence-electron chi connectivity index (χ1n) is 10.7. The molecule has 0 fully saturated rings. The minimum absolute atomic E-state index is 0.000308. The van der Waals surface area contributed by atoms with Crippen LogP contribution in [0.25, 0.3) is 5.69 Å². The Morgan fingerprint density at radius 3 is 2.50 bits per heavy atom. The van der Waals surface area contributed by atoms with Gasteiger partial charge in [-0.1, -0.05) is 30.0 Å². The molecule has 184 valence electrons. The second-order valence-corrected chi connectivity index (χ2v) is 8.39. The second-order valence-electron chi connectivity index (χ2n) is 7.44.